The van der Waals surface area contributed by atoms with Crippen molar-refractivity contribution in [1.29, 1.82) is 0 Å². The van der Waals surface area contributed by atoms with Crippen molar-refractivity contribution in [2.45, 2.75) is 18.9 Å². The van der Waals surface area contributed by atoms with Gasteiger partial charge in [-0.3, -0.25) is 4.79 Å². The second kappa shape index (κ2) is 6.36. The monoisotopic (exact) mass is 284 g/mol. The molecule has 4 nitrogen and oxygen atoms in total. The third-order valence-electron chi connectivity index (χ3n) is 3.56. The van der Waals surface area contributed by atoms with Crippen LogP contribution in [0.4, 0.5) is 5.69 Å². The highest BCUT2D eigenvalue weighted by atomic mass is 16.5. The Hall–Kier alpha value is -2.41. The van der Waals surface area contributed by atoms with Gasteiger partial charge in [0.05, 0.1) is 5.54 Å². The molecule has 1 saturated heterocycles. The van der Waals surface area contributed by atoms with Gasteiger partial charge in [-0.05, 0) is 31.6 Å². The van der Waals surface area contributed by atoms with E-state index in [9.17, 15) is 4.79 Å². The first-order chi connectivity index (χ1) is 10.1. The molecule has 0 aromatic heterocycles. The molecule has 1 heterocycles. The Morgan fingerprint density at radius 2 is 2.48 bits per heavy atom. The third kappa shape index (κ3) is 3.79. The minimum absolute atomic E-state index is 0.0216. The van der Waals surface area contributed by atoms with Crippen LogP contribution in [0.2, 0.25) is 0 Å². The van der Waals surface area contributed by atoms with Crippen molar-refractivity contribution < 1.29 is 9.53 Å². The van der Waals surface area contributed by atoms with E-state index in [0.717, 1.165) is 24.4 Å². The molecule has 2 rings (SSSR count). The van der Waals surface area contributed by atoms with E-state index in [-0.39, 0.29) is 18.1 Å². The molecule has 1 atom stereocenters. The third-order valence-corrected chi connectivity index (χ3v) is 3.56. The van der Waals surface area contributed by atoms with Gasteiger partial charge in [0.2, 0.25) is 5.91 Å². The predicted octanol–water partition coefficient (Wildman–Crippen LogP) is 2.29. The second-order valence-corrected chi connectivity index (χ2v) is 5.42. The van der Waals surface area contributed by atoms with Crippen LogP contribution in [-0.2, 0) is 4.79 Å². The summed E-state index contributed by atoms with van der Waals surface area (Å²) in [4.78, 5) is 13.5. The van der Waals surface area contributed by atoms with Crippen molar-refractivity contribution >= 4 is 11.6 Å². The Labute approximate surface area is 125 Å². The number of ether oxygens (including phenoxy) is 1. The van der Waals surface area contributed by atoms with Crippen LogP contribution in [0.5, 0.6) is 5.75 Å². The zero-order valence-electron chi connectivity index (χ0n) is 12.3. The minimum Gasteiger partial charge on any atom is -0.481 e. The molecule has 0 saturated carbocycles. The molecule has 1 amide bonds. The van der Waals surface area contributed by atoms with E-state index >= 15 is 0 Å². The van der Waals surface area contributed by atoms with Gasteiger partial charge >= 0.3 is 0 Å². The van der Waals surface area contributed by atoms with Crippen LogP contribution in [0, 0.1) is 12.3 Å². The van der Waals surface area contributed by atoms with Gasteiger partial charge in [0, 0.05) is 24.8 Å². The summed E-state index contributed by atoms with van der Waals surface area (Å²) in [5, 5.41) is 3.48. The molecule has 1 unspecified atom stereocenters. The van der Waals surface area contributed by atoms with Gasteiger partial charge in [0.1, 0.15) is 12.4 Å². The number of rotatable bonds is 5. The summed E-state index contributed by atoms with van der Waals surface area (Å²) < 4.78 is 5.42. The summed E-state index contributed by atoms with van der Waals surface area (Å²) in [6.07, 6.45) is 7.44. The van der Waals surface area contributed by atoms with Crippen LogP contribution in [-0.4, -0.2) is 36.0 Å². The lowest BCUT2D eigenvalue weighted by Crippen LogP contribution is -2.39. The molecule has 1 N–H and O–H groups in total. The molecular weight excluding hydrogens is 264 g/mol. The fraction of sp³-hybridized carbons (Fsp3) is 0.353. The summed E-state index contributed by atoms with van der Waals surface area (Å²) in [7, 11) is 0. The maximum absolute atomic E-state index is 11.7. The van der Waals surface area contributed by atoms with E-state index < -0.39 is 0 Å². The SMILES string of the molecule is C#CCOc1cccc(NC2(C)CCN(C(=O)C=C)C2)c1. The number of hydrogen-bond acceptors (Lipinski definition) is 3. The van der Waals surface area contributed by atoms with Crippen molar-refractivity contribution in [2.24, 2.45) is 0 Å². The Balaban J connectivity index is 2.03. The lowest BCUT2D eigenvalue weighted by molar-refractivity contribution is -0.125. The Morgan fingerprint density at radius 3 is 3.19 bits per heavy atom. The van der Waals surface area contributed by atoms with Gasteiger partial charge in [-0.25, -0.2) is 0 Å². The summed E-state index contributed by atoms with van der Waals surface area (Å²) in [6, 6.07) is 7.68. The number of carbonyl (C=O) groups excluding carboxylic acids is 1. The van der Waals surface area contributed by atoms with Crippen LogP contribution in [0.3, 0.4) is 0 Å². The highest BCUT2D eigenvalue weighted by Crippen LogP contribution is 2.27. The van der Waals surface area contributed by atoms with Crippen LogP contribution < -0.4 is 10.1 Å². The van der Waals surface area contributed by atoms with Crippen LogP contribution in [0.25, 0.3) is 0 Å². The van der Waals surface area contributed by atoms with Gasteiger partial charge in [-0.1, -0.05) is 18.6 Å². The Morgan fingerprint density at radius 1 is 1.67 bits per heavy atom. The van der Waals surface area contributed by atoms with E-state index in [2.05, 4.69) is 24.7 Å². The average Bonchev–Trinajstić information content (AvgIpc) is 2.86. The van der Waals surface area contributed by atoms with Crippen molar-refractivity contribution in [3.05, 3.63) is 36.9 Å². The number of nitrogens with zero attached hydrogens (tertiary/aromatic N) is 1. The van der Waals surface area contributed by atoms with E-state index in [1.807, 2.05) is 24.3 Å². The maximum atomic E-state index is 11.7. The summed E-state index contributed by atoms with van der Waals surface area (Å²) >= 11 is 0. The van der Waals surface area contributed by atoms with Gasteiger partial charge in [0.15, 0.2) is 0 Å². The highest BCUT2D eigenvalue weighted by Gasteiger charge is 2.35. The summed E-state index contributed by atoms with van der Waals surface area (Å²) in [5.74, 6) is 3.16. The zero-order valence-corrected chi connectivity index (χ0v) is 12.3. The van der Waals surface area contributed by atoms with Crippen molar-refractivity contribution in [1.82, 2.24) is 4.90 Å². The van der Waals surface area contributed by atoms with Crippen molar-refractivity contribution in [3.63, 3.8) is 0 Å². The first-order valence-electron chi connectivity index (χ1n) is 6.92. The van der Waals surface area contributed by atoms with Crippen LogP contribution >= 0.6 is 0 Å². The lowest BCUT2D eigenvalue weighted by atomic mass is 10.0. The molecule has 0 radical (unpaired) electrons. The number of anilines is 1. The molecule has 1 aliphatic rings. The molecular formula is C17H20N2O2. The molecule has 0 bridgehead atoms. The fourth-order valence-electron chi connectivity index (χ4n) is 2.52. The first kappa shape index (κ1) is 15.0. The summed E-state index contributed by atoms with van der Waals surface area (Å²) in [5.41, 5.74) is 0.809. The minimum atomic E-state index is -0.149. The molecule has 1 aromatic rings. The highest BCUT2D eigenvalue weighted by molar-refractivity contribution is 5.87. The predicted molar refractivity (Wildman–Crippen MR) is 84.2 cm³/mol. The molecule has 4 heteroatoms. The number of benzene rings is 1. The number of amides is 1. The number of terminal acetylenes is 1. The normalized spacial score (nSPS) is 20.7. The van der Waals surface area contributed by atoms with Crippen LogP contribution in [0.1, 0.15) is 13.3 Å². The number of hydrogen-bond donors (Lipinski definition) is 1. The largest absolute Gasteiger partial charge is 0.481 e. The topological polar surface area (TPSA) is 41.6 Å². The van der Waals surface area contributed by atoms with Gasteiger partial charge < -0.3 is 15.0 Å². The molecule has 1 fully saturated rings. The van der Waals surface area contributed by atoms with Crippen molar-refractivity contribution in [3.8, 4) is 18.1 Å². The first-order valence-corrected chi connectivity index (χ1v) is 6.92. The van der Waals surface area contributed by atoms with Crippen molar-refractivity contribution in [2.75, 3.05) is 25.0 Å². The van der Waals surface area contributed by atoms with E-state index in [4.69, 9.17) is 11.2 Å². The summed E-state index contributed by atoms with van der Waals surface area (Å²) in [6.45, 7) is 7.29. The molecule has 110 valence electrons. The Bertz CT molecular complexity index is 576. The molecule has 0 spiro atoms. The lowest BCUT2D eigenvalue weighted by Gasteiger charge is -2.27. The van der Waals surface area contributed by atoms with Gasteiger partial charge in [0.25, 0.3) is 0 Å². The number of likely N-dealkylation sites (tertiary alicyclic amines) is 1. The zero-order chi connectivity index (χ0) is 15.3. The average molecular weight is 284 g/mol. The van der Waals surface area contributed by atoms with Gasteiger partial charge in [-0.2, -0.15) is 0 Å². The quantitative estimate of drug-likeness (QED) is 0.666. The molecule has 0 aliphatic carbocycles. The fourth-order valence-corrected chi connectivity index (χ4v) is 2.52. The smallest absolute Gasteiger partial charge is 0.246 e. The number of carbonyl (C=O) groups is 1. The molecule has 1 aromatic carbocycles. The van der Waals surface area contributed by atoms with Crippen LogP contribution in [0.15, 0.2) is 36.9 Å². The van der Waals surface area contributed by atoms with Gasteiger partial charge in [-0.15, -0.1) is 6.42 Å². The Kier molecular flexibility index (Phi) is 4.54. The van der Waals surface area contributed by atoms with E-state index in [0.29, 0.717) is 6.54 Å². The standard InChI is InChI=1S/C17H20N2O2/c1-4-11-21-15-8-6-7-14(12-15)18-17(3)9-10-19(13-17)16(20)5-2/h1,5-8,12,18H,2,9-11,13H2,3H3. The van der Waals surface area contributed by atoms with E-state index in [1.165, 1.54) is 6.08 Å². The number of nitrogens with one attached hydrogen (secondary N) is 1. The molecule has 21 heavy (non-hydrogen) atoms. The maximum Gasteiger partial charge on any atom is 0.246 e. The second-order valence-electron chi connectivity index (χ2n) is 5.42. The molecule has 1 aliphatic heterocycles. The van der Waals surface area contributed by atoms with E-state index in [1.54, 1.807) is 4.90 Å².